The summed E-state index contributed by atoms with van der Waals surface area (Å²) in [6, 6.07) is 4.58. The number of hydrogen-bond acceptors (Lipinski definition) is 2. The van der Waals surface area contributed by atoms with Gasteiger partial charge in [0.05, 0.1) is 11.7 Å². The Hall–Kier alpha value is -1.40. The molecular weight excluding hydrogens is 256 g/mol. The zero-order valence-electron chi connectivity index (χ0n) is 14.8. The van der Waals surface area contributed by atoms with Crippen LogP contribution in [-0.4, -0.2) is 6.01 Å². The van der Waals surface area contributed by atoms with Gasteiger partial charge in [0.25, 0.3) is 0 Å². The topological polar surface area (TPSA) is 36.2 Å². The lowest BCUT2D eigenvalue weighted by Crippen LogP contribution is -2.09. The normalized spacial score (nSPS) is 11.6. The van der Waals surface area contributed by atoms with Gasteiger partial charge in [-0.3, -0.25) is 0 Å². The van der Waals surface area contributed by atoms with Gasteiger partial charge in [-0.05, 0) is 45.9 Å². The van der Waals surface area contributed by atoms with E-state index in [1.807, 2.05) is 0 Å². The molecule has 0 radical (unpaired) electrons. The Morgan fingerprint density at radius 2 is 1.24 bits per heavy atom. The van der Waals surface area contributed by atoms with E-state index < -0.39 is 0 Å². The van der Waals surface area contributed by atoms with Crippen molar-refractivity contribution in [2.75, 3.05) is 0 Å². The van der Waals surface area contributed by atoms with Crippen molar-refractivity contribution >= 4 is 11.7 Å². The van der Waals surface area contributed by atoms with Crippen molar-refractivity contribution in [3.05, 3.63) is 28.3 Å². The Morgan fingerprint density at radius 3 is 1.57 bits per heavy atom. The largest absolute Gasteiger partial charge is 0.241 e. The second kappa shape index (κ2) is 7.04. The minimum absolute atomic E-state index is 0.394. The summed E-state index contributed by atoms with van der Waals surface area (Å²) in [6.07, 6.45) is 0. The first kappa shape index (κ1) is 17.7. The van der Waals surface area contributed by atoms with E-state index in [1.165, 1.54) is 22.3 Å². The second-order valence-corrected chi connectivity index (χ2v) is 7.07. The number of benzene rings is 1. The molecule has 0 aromatic heterocycles. The zero-order chi connectivity index (χ0) is 16.3. The average Bonchev–Trinajstić information content (AvgIpc) is 2.36. The molecule has 0 atom stereocenters. The van der Waals surface area contributed by atoms with Gasteiger partial charge in [0.15, 0.2) is 0 Å². The van der Waals surface area contributed by atoms with E-state index in [4.69, 9.17) is 5.41 Å². The number of rotatable bonds is 5. The lowest BCUT2D eigenvalue weighted by Gasteiger charge is -2.27. The van der Waals surface area contributed by atoms with E-state index in [9.17, 15) is 0 Å². The van der Waals surface area contributed by atoms with Crippen molar-refractivity contribution in [1.82, 2.24) is 0 Å². The van der Waals surface area contributed by atoms with E-state index >= 15 is 0 Å². The van der Waals surface area contributed by atoms with E-state index in [2.05, 4.69) is 72.5 Å². The van der Waals surface area contributed by atoms with Gasteiger partial charge in [-0.1, -0.05) is 61.5 Å². The molecule has 0 heterocycles. The Bertz CT molecular complexity index is 545. The average molecular weight is 286 g/mol. The van der Waals surface area contributed by atoms with Crippen molar-refractivity contribution in [1.29, 1.82) is 5.41 Å². The van der Waals surface area contributed by atoms with Gasteiger partial charge in [-0.2, -0.15) is 4.99 Å². The number of nitrogens with one attached hydrogen (secondary N) is 1. The Labute approximate surface area is 130 Å². The maximum absolute atomic E-state index is 7.31. The highest BCUT2D eigenvalue weighted by Gasteiger charge is 2.24. The summed E-state index contributed by atoms with van der Waals surface area (Å²) in [5, 5.41) is 7.31. The summed E-state index contributed by atoms with van der Waals surface area (Å²) >= 11 is 0. The molecule has 0 fully saturated rings. The van der Waals surface area contributed by atoms with Crippen LogP contribution in [0, 0.1) is 5.41 Å². The van der Waals surface area contributed by atoms with Gasteiger partial charge in [0.2, 0.25) is 0 Å². The van der Waals surface area contributed by atoms with Crippen LogP contribution in [0.15, 0.2) is 11.1 Å². The molecule has 0 aliphatic heterocycles. The standard InChI is InChI=1S/C19H30N2/c1-11(2)15-9-16(12(3)4)19(21-10-20)18(14(7)8)17(15)13(5)6/h9,11-14,20H,1-8H3. The molecule has 1 N–H and O–H groups in total. The molecule has 21 heavy (non-hydrogen) atoms. The number of nitrogens with zero attached hydrogens (tertiary/aromatic N) is 1. The van der Waals surface area contributed by atoms with Crippen LogP contribution in [0.3, 0.4) is 0 Å². The van der Waals surface area contributed by atoms with Crippen LogP contribution in [0.5, 0.6) is 0 Å². The van der Waals surface area contributed by atoms with Crippen molar-refractivity contribution in [3.8, 4) is 0 Å². The van der Waals surface area contributed by atoms with Crippen LogP contribution in [0.25, 0.3) is 0 Å². The fraction of sp³-hybridized carbons (Fsp3) is 0.632. The molecule has 2 heteroatoms. The first-order valence-electron chi connectivity index (χ1n) is 8.05. The molecule has 0 bridgehead atoms. The highest BCUT2D eigenvalue weighted by atomic mass is 14.7. The van der Waals surface area contributed by atoms with E-state index in [1.54, 1.807) is 0 Å². The van der Waals surface area contributed by atoms with Gasteiger partial charge in [-0.15, -0.1) is 0 Å². The molecule has 1 aromatic carbocycles. The molecule has 1 rings (SSSR count). The second-order valence-electron chi connectivity index (χ2n) is 7.07. The molecule has 1 aromatic rings. The van der Waals surface area contributed by atoms with Crippen LogP contribution in [0.1, 0.15) is 101 Å². The fourth-order valence-electron chi connectivity index (χ4n) is 3.08. The third kappa shape index (κ3) is 3.63. The first-order chi connectivity index (χ1) is 9.72. The maximum Gasteiger partial charge on any atom is 0.0918 e. The minimum Gasteiger partial charge on any atom is -0.241 e. The minimum atomic E-state index is 0.394. The van der Waals surface area contributed by atoms with E-state index in [0.717, 1.165) is 5.69 Å². The monoisotopic (exact) mass is 286 g/mol. The van der Waals surface area contributed by atoms with Crippen LogP contribution in [0.4, 0.5) is 5.69 Å². The molecule has 2 nitrogen and oxygen atoms in total. The highest BCUT2D eigenvalue weighted by molar-refractivity contribution is 5.66. The summed E-state index contributed by atoms with van der Waals surface area (Å²) in [5.41, 5.74) is 6.37. The van der Waals surface area contributed by atoms with Gasteiger partial charge < -0.3 is 0 Å². The van der Waals surface area contributed by atoms with Gasteiger partial charge in [0.1, 0.15) is 0 Å². The van der Waals surface area contributed by atoms with Crippen LogP contribution >= 0.6 is 0 Å². The SMILES string of the molecule is CC(C)c1cc(C(C)C)c(C(C)C)c(C(C)C)c1N=C=N. The molecule has 0 saturated carbocycles. The molecular formula is C19H30N2. The summed E-state index contributed by atoms with van der Waals surface area (Å²) in [7, 11) is 0. The summed E-state index contributed by atoms with van der Waals surface area (Å²) < 4.78 is 0. The van der Waals surface area contributed by atoms with Crippen molar-refractivity contribution in [2.45, 2.75) is 79.1 Å². The van der Waals surface area contributed by atoms with E-state index in [0.29, 0.717) is 23.7 Å². The van der Waals surface area contributed by atoms with Crippen LogP contribution in [0.2, 0.25) is 0 Å². The molecule has 0 saturated heterocycles. The Kier molecular flexibility index (Phi) is 5.92. The molecule has 0 amide bonds. The third-order valence-corrected chi connectivity index (χ3v) is 4.01. The van der Waals surface area contributed by atoms with Crippen LogP contribution in [-0.2, 0) is 0 Å². The molecule has 0 spiro atoms. The lowest BCUT2D eigenvalue weighted by atomic mass is 9.79. The third-order valence-electron chi connectivity index (χ3n) is 4.01. The first-order valence-corrected chi connectivity index (χ1v) is 8.05. The maximum atomic E-state index is 7.31. The van der Waals surface area contributed by atoms with Crippen molar-refractivity contribution < 1.29 is 0 Å². The molecule has 0 unspecified atom stereocenters. The smallest absolute Gasteiger partial charge is 0.0918 e. The van der Waals surface area contributed by atoms with Crippen LogP contribution < -0.4 is 0 Å². The highest BCUT2D eigenvalue weighted by Crippen LogP contribution is 2.43. The van der Waals surface area contributed by atoms with Gasteiger partial charge in [0, 0.05) is 0 Å². The number of hydrogen-bond donors (Lipinski definition) is 1. The summed E-state index contributed by atoms with van der Waals surface area (Å²) in [5.74, 6) is 1.75. The summed E-state index contributed by atoms with van der Waals surface area (Å²) in [6.45, 7) is 17.9. The molecule has 116 valence electrons. The predicted octanol–water partition coefficient (Wildman–Crippen LogP) is 6.56. The quantitative estimate of drug-likeness (QED) is 0.595. The van der Waals surface area contributed by atoms with Gasteiger partial charge in [-0.25, -0.2) is 5.41 Å². The van der Waals surface area contributed by atoms with Gasteiger partial charge >= 0.3 is 0 Å². The lowest BCUT2D eigenvalue weighted by molar-refractivity contribution is 0.738. The number of aliphatic imine (C=N–C) groups is 1. The predicted molar refractivity (Wildman–Crippen MR) is 92.6 cm³/mol. The van der Waals surface area contributed by atoms with Crippen molar-refractivity contribution in [3.63, 3.8) is 0 Å². The molecule has 0 aliphatic rings. The van der Waals surface area contributed by atoms with Crippen molar-refractivity contribution in [2.24, 2.45) is 4.99 Å². The zero-order valence-corrected chi connectivity index (χ0v) is 14.8. The fourth-order valence-corrected chi connectivity index (χ4v) is 3.08. The molecule has 0 aliphatic carbocycles. The Balaban J connectivity index is 3.93. The van der Waals surface area contributed by atoms with E-state index in [-0.39, 0.29) is 0 Å². The summed E-state index contributed by atoms with van der Waals surface area (Å²) in [4.78, 5) is 4.31. The Morgan fingerprint density at radius 1 is 0.762 bits per heavy atom.